The molecule has 0 aliphatic heterocycles. The first-order valence-corrected chi connectivity index (χ1v) is 11.4. The number of benzene rings is 2. The van der Waals surface area contributed by atoms with E-state index in [0.717, 1.165) is 15.7 Å². The Balaban J connectivity index is 1.88. The summed E-state index contributed by atoms with van der Waals surface area (Å²) in [6, 6.07) is 11.4. The summed E-state index contributed by atoms with van der Waals surface area (Å²) in [5.41, 5.74) is 3.63. The number of aliphatic carboxylic acids is 1. The van der Waals surface area contributed by atoms with Crippen LogP contribution in [0.25, 0.3) is 11.1 Å². The highest BCUT2D eigenvalue weighted by Crippen LogP contribution is 2.23. The first-order valence-electron chi connectivity index (χ1n) is 11.4. The highest BCUT2D eigenvalue weighted by Gasteiger charge is 2.24. The van der Waals surface area contributed by atoms with Crippen molar-refractivity contribution in [2.45, 2.75) is 46.1 Å². The first-order chi connectivity index (χ1) is 16.4. The SMILES string of the molecule is Cc1cccc(C(C)C)c1C(=O)NC(Cc1ccc(-c2c(C)n(C)c(=O)n(C)c2=O)cc1)C(=O)O. The van der Waals surface area contributed by atoms with Gasteiger partial charge in [-0.1, -0.05) is 56.3 Å². The molecule has 0 fully saturated rings. The maximum absolute atomic E-state index is 13.1. The van der Waals surface area contributed by atoms with Crippen molar-refractivity contribution in [1.82, 2.24) is 14.5 Å². The molecule has 8 heteroatoms. The molecule has 0 saturated carbocycles. The van der Waals surface area contributed by atoms with Gasteiger partial charge in [0.1, 0.15) is 6.04 Å². The number of rotatable bonds is 7. The molecule has 2 aromatic carbocycles. The number of carboxylic acid groups (broad SMARTS) is 1. The number of carbonyl (C=O) groups is 2. The molecule has 0 spiro atoms. The molecule has 1 aromatic heterocycles. The molecule has 8 nitrogen and oxygen atoms in total. The molecule has 35 heavy (non-hydrogen) atoms. The highest BCUT2D eigenvalue weighted by atomic mass is 16.4. The summed E-state index contributed by atoms with van der Waals surface area (Å²) in [4.78, 5) is 49.9. The second-order valence-electron chi connectivity index (χ2n) is 9.13. The van der Waals surface area contributed by atoms with Gasteiger partial charge in [-0.3, -0.25) is 14.2 Å². The second-order valence-corrected chi connectivity index (χ2v) is 9.13. The normalized spacial score (nSPS) is 12.0. The van der Waals surface area contributed by atoms with Crippen LogP contribution in [0.5, 0.6) is 0 Å². The summed E-state index contributed by atoms with van der Waals surface area (Å²) < 4.78 is 2.47. The molecular formula is C27H31N3O5. The van der Waals surface area contributed by atoms with Crippen molar-refractivity contribution in [3.8, 4) is 11.1 Å². The van der Waals surface area contributed by atoms with E-state index in [2.05, 4.69) is 5.32 Å². The van der Waals surface area contributed by atoms with E-state index in [4.69, 9.17) is 0 Å². The molecule has 3 rings (SSSR count). The smallest absolute Gasteiger partial charge is 0.330 e. The standard InChI is InChI=1S/C27H31N3O5/c1-15(2)20-9-7-8-16(3)22(20)24(31)28-21(26(33)34)14-18-10-12-19(13-11-18)23-17(4)29(5)27(35)30(6)25(23)32/h7-13,15,21H,14H2,1-6H3,(H,28,31)(H,33,34). The Bertz CT molecular complexity index is 1400. The fourth-order valence-corrected chi connectivity index (χ4v) is 4.23. The zero-order valence-electron chi connectivity index (χ0n) is 20.9. The molecule has 184 valence electrons. The molecule has 3 aromatic rings. The van der Waals surface area contributed by atoms with Crippen LogP contribution in [-0.2, 0) is 25.3 Å². The molecular weight excluding hydrogens is 446 g/mol. The lowest BCUT2D eigenvalue weighted by molar-refractivity contribution is -0.139. The van der Waals surface area contributed by atoms with E-state index in [1.54, 1.807) is 38.2 Å². The van der Waals surface area contributed by atoms with Gasteiger partial charge in [-0.25, -0.2) is 9.59 Å². The minimum absolute atomic E-state index is 0.0779. The van der Waals surface area contributed by atoms with E-state index in [-0.39, 0.29) is 12.3 Å². The van der Waals surface area contributed by atoms with E-state index in [9.17, 15) is 24.3 Å². The number of nitrogens with one attached hydrogen (secondary N) is 1. The lowest BCUT2D eigenvalue weighted by atomic mass is 9.93. The summed E-state index contributed by atoms with van der Waals surface area (Å²) in [6.45, 7) is 7.52. The lowest BCUT2D eigenvalue weighted by Gasteiger charge is -2.19. The van der Waals surface area contributed by atoms with E-state index in [0.29, 0.717) is 27.9 Å². The summed E-state index contributed by atoms with van der Waals surface area (Å²) in [6.07, 6.45) is 0.0779. The van der Waals surface area contributed by atoms with Crippen LogP contribution in [0.4, 0.5) is 0 Å². The van der Waals surface area contributed by atoms with E-state index in [1.807, 2.05) is 39.0 Å². The van der Waals surface area contributed by atoms with E-state index in [1.165, 1.54) is 11.6 Å². The fraction of sp³-hybridized carbons (Fsp3) is 0.333. The molecule has 0 aliphatic carbocycles. The average Bonchev–Trinajstić information content (AvgIpc) is 2.81. The number of hydrogen-bond donors (Lipinski definition) is 2. The summed E-state index contributed by atoms with van der Waals surface area (Å²) >= 11 is 0. The summed E-state index contributed by atoms with van der Waals surface area (Å²) in [5, 5.41) is 12.5. The van der Waals surface area contributed by atoms with Gasteiger partial charge in [-0.15, -0.1) is 0 Å². The van der Waals surface area contributed by atoms with Gasteiger partial charge in [0, 0.05) is 31.8 Å². The first kappa shape index (κ1) is 25.7. The largest absolute Gasteiger partial charge is 0.480 e. The topological polar surface area (TPSA) is 110 Å². The monoisotopic (exact) mass is 477 g/mol. The van der Waals surface area contributed by atoms with Crippen LogP contribution in [0.1, 0.15) is 52.5 Å². The van der Waals surface area contributed by atoms with Gasteiger partial charge < -0.3 is 15.0 Å². The van der Waals surface area contributed by atoms with E-state index >= 15 is 0 Å². The molecule has 1 unspecified atom stereocenters. The fourth-order valence-electron chi connectivity index (χ4n) is 4.23. The molecule has 2 N–H and O–H groups in total. The van der Waals surface area contributed by atoms with Crippen LogP contribution in [0.2, 0.25) is 0 Å². The second kappa shape index (κ2) is 10.1. The molecule has 0 radical (unpaired) electrons. The van der Waals surface area contributed by atoms with Gasteiger partial charge in [-0.05, 0) is 42.0 Å². The number of aryl methyl sites for hydroxylation is 1. The molecule has 1 amide bonds. The van der Waals surface area contributed by atoms with E-state index < -0.39 is 29.2 Å². The Morgan fingerprint density at radius 2 is 1.60 bits per heavy atom. The number of carboxylic acids is 1. The summed E-state index contributed by atoms with van der Waals surface area (Å²) in [5.74, 6) is -1.44. The maximum Gasteiger partial charge on any atom is 0.330 e. The third-order valence-corrected chi connectivity index (χ3v) is 6.40. The number of aromatic nitrogens is 2. The van der Waals surface area contributed by atoms with Crippen LogP contribution in [-0.4, -0.2) is 32.2 Å². The molecule has 0 aliphatic rings. The Hall–Kier alpha value is -3.94. The van der Waals surface area contributed by atoms with Gasteiger partial charge in [-0.2, -0.15) is 0 Å². The molecule has 1 heterocycles. The summed E-state index contributed by atoms with van der Waals surface area (Å²) in [7, 11) is 3.04. The van der Waals surface area contributed by atoms with Gasteiger partial charge >= 0.3 is 11.7 Å². The van der Waals surface area contributed by atoms with Gasteiger partial charge in [0.2, 0.25) is 0 Å². The minimum Gasteiger partial charge on any atom is -0.480 e. The number of carbonyl (C=O) groups excluding carboxylic acids is 1. The van der Waals surface area contributed by atoms with Crippen molar-refractivity contribution in [3.63, 3.8) is 0 Å². The zero-order chi connectivity index (χ0) is 26.0. The number of amides is 1. The Kier molecular flexibility index (Phi) is 7.43. The third kappa shape index (κ3) is 5.11. The lowest BCUT2D eigenvalue weighted by Crippen LogP contribution is -2.42. The van der Waals surface area contributed by atoms with Crippen molar-refractivity contribution < 1.29 is 14.7 Å². The number of nitrogens with zero attached hydrogens (tertiary/aromatic N) is 2. The van der Waals surface area contributed by atoms with Gasteiger partial charge in [0.15, 0.2) is 0 Å². The van der Waals surface area contributed by atoms with Crippen LogP contribution in [0, 0.1) is 13.8 Å². The molecule has 0 bridgehead atoms. The van der Waals surface area contributed by atoms with Crippen molar-refractivity contribution in [1.29, 1.82) is 0 Å². The van der Waals surface area contributed by atoms with Crippen LogP contribution in [0.3, 0.4) is 0 Å². The van der Waals surface area contributed by atoms with Crippen molar-refractivity contribution in [2.24, 2.45) is 14.1 Å². The third-order valence-electron chi connectivity index (χ3n) is 6.40. The number of hydrogen-bond acceptors (Lipinski definition) is 4. The van der Waals surface area contributed by atoms with Crippen LogP contribution >= 0.6 is 0 Å². The molecule has 1 atom stereocenters. The zero-order valence-corrected chi connectivity index (χ0v) is 20.9. The minimum atomic E-state index is -1.13. The maximum atomic E-state index is 13.1. The van der Waals surface area contributed by atoms with Crippen molar-refractivity contribution in [3.05, 3.63) is 91.3 Å². The Morgan fingerprint density at radius 3 is 2.17 bits per heavy atom. The average molecular weight is 478 g/mol. The molecule has 0 saturated heterocycles. The van der Waals surface area contributed by atoms with Crippen LogP contribution < -0.4 is 16.6 Å². The van der Waals surface area contributed by atoms with Crippen LogP contribution in [0.15, 0.2) is 52.1 Å². The predicted octanol–water partition coefficient (Wildman–Crippen LogP) is 2.92. The van der Waals surface area contributed by atoms with Crippen molar-refractivity contribution in [2.75, 3.05) is 0 Å². The quantitative estimate of drug-likeness (QED) is 0.544. The van der Waals surface area contributed by atoms with Gasteiger partial charge in [0.05, 0.1) is 5.56 Å². The Morgan fingerprint density at radius 1 is 0.971 bits per heavy atom. The highest BCUT2D eigenvalue weighted by molar-refractivity contribution is 5.99. The Labute approximate surface area is 203 Å². The predicted molar refractivity (Wildman–Crippen MR) is 135 cm³/mol. The van der Waals surface area contributed by atoms with Crippen molar-refractivity contribution >= 4 is 11.9 Å². The van der Waals surface area contributed by atoms with Gasteiger partial charge in [0.25, 0.3) is 11.5 Å².